The van der Waals surface area contributed by atoms with Gasteiger partial charge in [0.15, 0.2) is 12.4 Å². The number of ether oxygens (including phenoxy) is 1. The molecule has 2 aromatic rings. The molecule has 1 aliphatic heterocycles. The van der Waals surface area contributed by atoms with Crippen molar-refractivity contribution in [1.82, 2.24) is 9.97 Å². The van der Waals surface area contributed by atoms with Gasteiger partial charge in [-0.3, -0.25) is 9.59 Å². The van der Waals surface area contributed by atoms with E-state index in [-0.39, 0.29) is 24.7 Å². The van der Waals surface area contributed by atoms with Gasteiger partial charge in [-0.1, -0.05) is 0 Å². The number of hydrogen-bond acceptors (Lipinski definition) is 5. The molecular formula is C14H11N3O3. The first-order valence-electron chi connectivity index (χ1n) is 6.08. The van der Waals surface area contributed by atoms with Crippen molar-refractivity contribution in [2.45, 2.75) is 6.42 Å². The molecule has 100 valence electrons. The summed E-state index contributed by atoms with van der Waals surface area (Å²) in [6, 6.07) is 6.65. The number of carbonyl (C=O) groups is 2. The van der Waals surface area contributed by atoms with Crippen molar-refractivity contribution in [3.8, 4) is 5.75 Å². The van der Waals surface area contributed by atoms with Gasteiger partial charge in [-0.05, 0) is 24.3 Å². The Morgan fingerprint density at radius 2 is 2.10 bits per heavy atom. The minimum Gasteiger partial charge on any atom is -0.482 e. The summed E-state index contributed by atoms with van der Waals surface area (Å²) in [5, 5.41) is 2.67. The van der Waals surface area contributed by atoms with Crippen molar-refractivity contribution >= 4 is 17.4 Å². The molecule has 0 saturated heterocycles. The molecule has 1 N–H and O–H groups in total. The third-order valence-corrected chi connectivity index (χ3v) is 2.87. The SMILES string of the molecule is O=C1COc2ccc(C(=O)Cc3ncccn3)cc2N1. The maximum absolute atomic E-state index is 12.1. The molecule has 20 heavy (non-hydrogen) atoms. The molecule has 0 unspecified atom stereocenters. The molecule has 3 rings (SSSR count). The van der Waals surface area contributed by atoms with E-state index < -0.39 is 0 Å². The highest BCUT2D eigenvalue weighted by Crippen LogP contribution is 2.28. The molecule has 0 radical (unpaired) electrons. The number of nitrogens with one attached hydrogen (secondary N) is 1. The zero-order valence-corrected chi connectivity index (χ0v) is 10.5. The Hall–Kier alpha value is -2.76. The number of amides is 1. The van der Waals surface area contributed by atoms with Crippen LogP contribution in [-0.4, -0.2) is 28.3 Å². The highest BCUT2D eigenvalue weighted by atomic mass is 16.5. The van der Waals surface area contributed by atoms with Gasteiger partial charge in [-0.15, -0.1) is 0 Å². The fourth-order valence-corrected chi connectivity index (χ4v) is 1.92. The number of anilines is 1. The van der Waals surface area contributed by atoms with Crippen LogP contribution < -0.4 is 10.1 Å². The van der Waals surface area contributed by atoms with Gasteiger partial charge in [0.05, 0.1) is 12.1 Å². The van der Waals surface area contributed by atoms with Crippen LogP contribution in [0.2, 0.25) is 0 Å². The minimum absolute atomic E-state index is 0.00184. The average Bonchev–Trinajstić information content (AvgIpc) is 2.47. The van der Waals surface area contributed by atoms with Crippen molar-refractivity contribution in [1.29, 1.82) is 0 Å². The lowest BCUT2D eigenvalue weighted by atomic mass is 10.1. The second-order valence-corrected chi connectivity index (χ2v) is 4.31. The molecule has 0 aliphatic carbocycles. The minimum atomic E-state index is -0.228. The van der Waals surface area contributed by atoms with Crippen LogP contribution in [-0.2, 0) is 11.2 Å². The van der Waals surface area contributed by atoms with Crippen molar-refractivity contribution in [2.24, 2.45) is 0 Å². The van der Waals surface area contributed by atoms with E-state index in [1.54, 1.807) is 36.7 Å². The largest absolute Gasteiger partial charge is 0.482 e. The highest BCUT2D eigenvalue weighted by Gasteiger charge is 2.18. The Kier molecular flexibility index (Phi) is 3.12. The Morgan fingerprint density at radius 1 is 1.30 bits per heavy atom. The van der Waals surface area contributed by atoms with Gasteiger partial charge < -0.3 is 10.1 Å². The zero-order valence-electron chi connectivity index (χ0n) is 10.5. The van der Waals surface area contributed by atoms with E-state index in [4.69, 9.17) is 4.74 Å². The van der Waals surface area contributed by atoms with Crippen LogP contribution in [0.1, 0.15) is 16.2 Å². The summed E-state index contributed by atoms with van der Waals surface area (Å²) < 4.78 is 5.24. The average molecular weight is 269 g/mol. The van der Waals surface area contributed by atoms with Crippen molar-refractivity contribution in [3.05, 3.63) is 48.0 Å². The van der Waals surface area contributed by atoms with E-state index in [1.165, 1.54) is 0 Å². The molecule has 6 heteroatoms. The summed E-state index contributed by atoms with van der Waals surface area (Å²) in [7, 11) is 0. The molecular weight excluding hydrogens is 258 g/mol. The number of ketones is 1. The first kappa shape index (κ1) is 12.3. The summed E-state index contributed by atoms with van der Waals surface area (Å²) in [6.45, 7) is -0.00184. The van der Waals surface area contributed by atoms with Gasteiger partial charge in [-0.2, -0.15) is 0 Å². The third-order valence-electron chi connectivity index (χ3n) is 2.87. The fourth-order valence-electron chi connectivity index (χ4n) is 1.92. The fraction of sp³-hybridized carbons (Fsp3) is 0.143. The maximum Gasteiger partial charge on any atom is 0.262 e. The van der Waals surface area contributed by atoms with Crippen LogP contribution in [0.5, 0.6) is 5.75 Å². The quantitative estimate of drug-likeness (QED) is 0.848. The van der Waals surface area contributed by atoms with Gasteiger partial charge in [0.2, 0.25) is 0 Å². The lowest BCUT2D eigenvalue weighted by Crippen LogP contribution is -2.25. The normalized spacial score (nSPS) is 13.1. The van der Waals surface area contributed by atoms with E-state index in [1.807, 2.05) is 0 Å². The van der Waals surface area contributed by atoms with Crippen LogP contribution in [0, 0.1) is 0 Å². The number of nitrogens with zero attached hydrogens (tertiary/aromatic N) is 2. The zero-order chi connectivity index (χ0) is 13.9. The Morgan fingerprint density at radius 3 is 2.90 bits per heavy atom. The van der Waals surface area contributed by atoms with Crippen LogP contribution in [0.3, 0.4) is 0 Å². The monoisotopic (exact) mass is 269 g/mol. The van der Waals surface area contributed by atoms with E-state index in [0.717, 1.165) is 0 Å². The van der Waals surface area contributed by atoms with Gasteiger partial charge in [-0.25, -0.2) is 9.97 Å². The van der Waals surface area contributed by atoms with Crippen molar-refractivity contribution in [2.75, 3.05) is 11.9 Å². The summed E-state index contributed by atoms with van der Waals surface area (Å²) in [5.74, 6) is 0.694. The van der Waals surface area contributed by atoms with Gasteiger partial charge in [0, 0.05) is 18.0 Å². The van der Waals surface area contributed by atoms with E-state index in [2.05, 4.69) is 15.3 Å². The van der Waals surface area contributed by atoms with Gasteiger partial charge >= 0.3 is 0 Å². The molecule has 1 aromatic heterocycles. The van der Waals surface area contributed by atoms with Gasteiger partial charge in [0.1, 0.15) is 11.6 Å². The summed E-state index contributed by atoms with van der Waals surface area (Å²) in [4.78, 5) is 31.4. The van der Waals surface area contributed by atoms with Crippen molar-refractivity contribution in [3.63, 3.8) is 0 Å². The molecule has 0 fully saturated rings. The van der Waals surface area contributed by atoms with Crippen LogP contribution in [0.4, 0.5) is 5.69 Å². The van der Waals surface area contributed by atoms with Gasteiger partial charge in [0.25, 0.3) is 5.91 Å². The Bertz CT molecular complexity index is 671. The highest BCUT2D eigenvalue weighted by molar-refractivity contribution is 6.01. The number of hydrogen-bond donors (Lipinski definition) is 1. The molecule has 0 atom stereocenters. The maximum atomic E-state index is 12.1. The van der Waals surface area contributed by atoms with Crippen LogP contribution in [0.25, 0.3) is 0 Å². The third kappa shape index (κ3) is 2.49. The number of Topliss-reactive ketones (excluding diaryl/α,β-unsaturated/α-hetero) is 1. The summed E-state index contributed by atoms with van der Waals surface area (Å²) >= 11 is 0. The lowest BCUT2D eigenvalue weighted by molar-refractivity contribution is -0.118. The molecule has 1 amide bonds. The standard InChI is InChI=1S/C14H11N3O3/c18-11(7-13-15-4-1-5-16-13)9-2-3-12-10(6-9)17-14(19)8-20-12/h1-6H,7-8H2,(H,17,19). The molecule has 1 aromatic carbocycles. The Balaban J connectivity index is 1.82. The molecule has 0 bridgehead atoms. The molecule has 0 spiro atoms. The second-order valence-electron chi connectivity index (χ2n) is 4.31. The number of aromatic nitrogens is 2. The van der Waals surface area contributed by atoms with Crippen LogP contribution >= 0.6 is 0 Å². The molecule has 0 saturated carbocycles. The van der Waals surface area contributed by atoms with Crippen molar-refractivity contribution < 1.29 is 14.3 Å². The predicted molar refractivity (Wildman–Crippen MR) is 70.6 cm³/mol. The van der Waals surface area contributed by atoms with E-state index in [9.17, 15) is 9.59 Å². The molecule has 2 heterocycles. The first-order valence-corrected chi connectivity index (χ1v) is 6.08. The molecule has 1 aliphatic rings. The summed E-state index contributed by atoms with van der Waals surface area (Å²) in [5.41, 5.74) is 1.00. The van der Waals surface area contributed by atoms with Crippen LogP contribution in [0.15, 0.2) is 36.7 Å². The second kappa shape index (κ2) is 5.08. The predicted octanol–water partition coefficient (Wildman–Crippen LogP) is 1.23. The number of fused-ring (bicyclic) bond motifs is 1. The summed E-state index contributed by atoms with van der Waals surface area (Å²) in [6.07, 6.45) is 3.31. The number of rotatable bonds is 3. The Labute approximate surface area is 114 Å². The number of carbonyl (C=O) groups excluding carboxylic acids is 2. The van der Waals surface area contributed by atoms with E-state index >= 15 is 0 Å². The number of benzene rings is 1. The smallest absolute Gasteiger partial charge is 0.262 e. The first-order chi connectivity index (χ1) is 9.72. The lowest BCUT2D eigenvalue weighted by Gasteiger charge is -2.18. The topological polar surface area (TPSA) is 81.2 Å². The van der Waals surface area contributed by atoms with E-state index in [0.29, 0.717) is 22.8 Å². The molecule has 6 nitrogen and oxygen atoms in total.